The van der Waals surface area contributed by atoms with Crippen LogP contribution in [0.1, 0.15) is 30.9 Å². The quantitative estimate of drug-likeness (QED) is 0.452. The van der Waals surface area contributed by atoms with Crippen molar-refractivity contribution in [3.8, 4) is 0 Å². The SMILES string of the molecule is Cc1c(N2CCC(C(N)C(C(F)F)C(F)F)C2)c(F)c(N)c2c(=O)[nH]c(=O)n(C3CC3)c12. The summed E-state index contributed by atoms with van der Waals surface area (Å²) in [6.07, 6.45) is -4.92. The molecule has 2 fully saturated rings. The Labute approximate surface area is 179 Å². The maximum absolute atomic E-state index is 15.3. The first-order valence-corrected chi connectivity index (χ1v) is 10.4. The number of nitrogens with zero attached hydrogens (tertiary/aromatic N) is 2. The number of benzene rings is 1. The van der Waals surface area contributed by atoms with Crippen molar-refractivity contribution in [3.63, 3.8) is 0 Å². The molecule has 1 saturated carbocycles. The fourth-order valence-electron chi connectivity index (χ4n) is 4.80. The van der Waals surface area contributed by atoms with Gasteiger partial charge in [-0.25, -0.2) is 26.7 Å². The number of H-pyrrole nitrogens is 1. The third-order valence-electron chi connectivity index (χ3n) is 6.59. The molecule has 0 spiro atoms. The number of anilines is 2. The molecule has 0 bridgehead atoms. The van der Waals surface area contributed by atoms with E-state index in [0.29, 0.717) is 5.56 Å². The zero-order valence-electron chi connectivity index (χ0n) is 17.3. The van der Waals surface area contributed by atoms with Crippen LogP contribution in [0.3, 0.4) is 0 Å². The maximum Gasteiger partial charge on any atom is 0.329 e. The molecule has 1 aliphatic carbocycles. The fourth-order valence-corrected chi connectivity index (χ4v) is 4.80. The molecule has 32 heavy (non-hydrogen) atoms. The maximum atomic E-state index is 15.3. The van der Waals surface area contributed by atoms with Gasteiger partial charge in [-0.15, -0.1) is 0 Å². The van der Waals surface area contributed by atoms with Crippen LogP contribution in [0.2, 0.25) is 0 Å². The second kappa shape index (κ2) is 8.05. The third-order valence-corrected chi connectivity index (χ3v) is 6.59. The van der Waals surface area contributed by atoms with Crippen LogP contribution in [0.4, 0.5) is 33.3 Å². The molecule has 1 aromatic carbocycles. The van der Waals surface area contributed by atoms with E-state index >= 15 is 4.39 Å². The highest BCUT2D eigenvalue weighted by atomic mass is 19.3. The van der Waals surface area contributed by atoms with Crippen molar-refractivity contribution in [3.05, 3.63) is 32.2 Å². The van der Waals surface area contributed by atoms with Crippen LogP contribution in [0.15, 0.2) is 9.59 Å². The molecule has 176 valence electrons. The standard InChI is InChI=1S/C20H24F5N5O2/c1-7-15-10(19(31)28-20(32)30(15)9-2-3-9)14(27)12(21)16(7)29-5-4-8(6-29)13(26)11(17(22)23)18(24)25/h8-9,11,13,17-18H,2-6,26-27H2,1H3,(H,28,31,32). The Morgan fingerprint density at radius 3 is 2.28 bits per heavy atom. The van der Waals surface area contributed by atoms with Gasteiger partial charge in [-0.05, 0) is 32.1 Å². The summed E-state index contributed by atoms with van der Waals surface area (Å²) in [6.45, 7) is 1.69. The van der Waals surface area contributed by atoms with Crippen molar-refractivity contribution in [1.82, 2.24) is 9.55 Å². The fraction of sp³-hybridized carbons (Fsp3) is 0.600. The van der Waals surface area contributed by atoms with E-state index in [0.717, 1.165) is 12.8 Å². The van der Waals surface area contributed by atoms with Gasteiger partial charge in [0.2, 0.25) is 12.9 Å². The first-order chi connectivity index (χ1) is 15.0. The van der Waals surface area contributed by atoms with Gasteiger partial charge in [-0.3, -0.25) is 14.3 Å². The summed E-state index contributed by atoms with van der Waals surface area (Å²) >= 11 is 0. The van der Waals surface area contributed by atoms with Gasteiger partial charge in [-0.1, -0.05) is 0 Å². The predicted molar refractivity (Wildman–Crippen MR) is 110 cm³/mol. The Kier molecular flexibility index (Phi) is 5.68. The van der Waals surface area contributed by atoms with Crippen LogP contribution >= 0.6 is 0 Å². The van der Waals surface area contributed by atoms with E-state index in [-0.39, 0.29) is 42.1 Å². The number of alkyl halides is 4. The van der Waals surface area contributed by atoms with Gasteiger partial charge in [-0.2, -0.15) is 0 Å². The van der Waals surface area contributed by atoms with E-state index in [1.54, 1.807) is 6.92 Å². The zero-order chi connectivity index (χ0) is 23.5. The second-order valence-corrected chi connectivity index (χ2v) is 8.60. The van der Waals surface area contributed by atoms with E-state index in [2.05, 4.69) is 4.98 Å². The highest BCUT2D eigenvalue weighted by molar-refractivity contribution is 5.97. The minimum absolute atomic E-state index is 0.0229. The smallest absolute Gasteiger partial charge is 0.329 e. The van der Waals surface area contributed by atoms with Gasteiger partial charge in [0.25, 0.3) is 5.56 Å². The Morgan fingerprint density at radius 1 is 1.09 bits per heavy atom. The number of rotatable bonds is 6. The molecule has 2 aromatic rings. The molecule has 2 atom stereocenters. The van der Waals surface area contributed by atoms with Crippen molar-refractivity contribution < 1.29 is 22.0 Å². The molecule has 2 aliphatic rings. The first kappa shape index (κ1) is 22.6. The third kappa shape index (κ3) is 3.54. The van der Waals surface area contributed by atoms with E-state index < -0.39 is 53.5 Å². The number of aryl methyl sites for hydroxylation is 1. The lowest BCUT2D eigenvalue weighted by Crippen LogP contribution is -2.45. The summed E-state index contributed by atoms with van der Waals surface area (Å²) in [5.74, 6) is -3.88. The molecule has 1 aliphatic heterocycles. The van der Waals surface area contributed by atoms with Crippen molar-refractivity contribution >= 4 is 22.3 Å². The molecule has 1 aromatic heterocycles. The highest BCUT2D eigenvalue weighted by Gasteiger charge is 2.42. The number of nitrogen functional groups attached to an aromatic ring is 1. The normalized spacial score (nSPS) is 20.3. The summed E-state index contributed by atoms with van der Waals surface area (Å²) in [7, 11) is 0. The first-order valence-electron chi connectivity index (χ1n) is 10.4. The largest absolute Gasteiger partial charge is 0.396 e. The van der Waals surface area contributed by atoms with Crippen LogP contribution in [0.5, 0.6) is 0 Å². The minimum atomic E-state index is -3.28. The van der Waals surface area contributed by atoms with Gasteiger partial charge in [0, 0.05) is 30.7 Å². The molecule has 4 rings (SSSR count). The van der Waals surface area contributed by atoms with E-state index in [9.17, 15) is 27.2 Å². The van der Waals surface area contributed by atoms with Gasteiger partial charge in [0.1, 0.15) is 0 Å². The van der Waals surface area contributed by atoms with Crippen LogP contribution in [0.25, 0.3) is 10.9 Å². The van der Waals surface area contributed by atoms with Crippen molar-refractivity contribution in [2.75, 3.05) is 23.7 Å². The molecule has 1 saturated heterocycles. The molecule has 2 unspecified atom stereocenters. The van der Waals surface area contributed by atoms with Crippen molar-refractivity contribution in [1.29, 1.82) is 0 Å². The number of hydrogen-bond donors (Lipinski definition) is 3. The summed E-state index contributed by atoms with van der Waals surface area (Å²) < 4.78 is 69.2. The molecular formula is C20H24F5N5O2. The number of hydrogen-bond acceptors (Lipinski definition) is 5. The molecule has 0 radical (unpaired) electrons. The summed E-state index contributed by atoms with van der Waals surface area (Å²) in [5, 5.41) is -0.127. The average Bonchev–Trinajstić information content (AvgIpc) is 3.41. The Morgan fingerprint density at radius 2 is 1.72 bits per heavy atom. The van der Waals surface area contributed by atoms with Crippen LogP contribution < -0.4 is 27.6 Å². The number of nitrogens with two attached hydrogens (primary N) is 2. The molecule has 2 heterocycles. The second-order valence-electron chi connectivity index (χ2n) is 8.60. The van der Waals surface area contributed by atoms with Gasteiger partial charge in [0.15, 0.2) is 5.82 Å². The Bertz CT molecular complexity index is 1150. The molecule has 0 amide bonds. The number of fused-ring (bicyclic) bond motifs is 1. The predicted octanol–water partition coefficient (Wildman–Crippen LogP) is 2.35. The number of aromatic amines is 1. The monoisotopic (exact) mass is 461 g/mol. The van der Waals surface area contributed by atoms with Crippen LogP contribution in [-0.2, 0) is 0 Å². The lowest BCUT2D eigenvalue weighted by molar-refractivity contribution is -0.0463. The van der Waals surface area contributed by atoms with E-state index in [1.807, 2.05) is 0 Å². The summed E-state index contributed by atoms with van der Waals surface area (Å²) in [4.78, 5) is 28.6. The minimum Gasteiger partial charge on any atom is -0.396 e. The summed E-state index contributed by atoms with van der Waals surface area (Å²) in [5.41, 5.74) is 10.4. The highest BCUT2D eigenvalue weighted by Crippen LogP contribution is 2.42. The van der Waals surface area contributed by atoms with Crippen LogP contribution in [0, 0.1) is 24.6 Å². The number of nitrogens with one attached hydrogen (secondary N) is 1. The van der Waals surface area contributed by atoms with Gasteiger partial charge < -0.3 is 16.4 Å². The Balaban J connectivity index is 1.79. The van der Waals surface area contributed by atoms with Gasteiger partial charge >= 0.3 is 5.69 Å². The lowest BCUT2D eigenvalue weighted by atomic mass is 9.88. The van der Waals surface area contributed by atoms with E-state index in [1.165, 1.54) is 9.47 Å². The number of aromatic nitrogens is 2. The topological polar surface area (TPSA) is 110 Å². The zero-order valence-corrected chi connectivity index (χ0v) is 17.3. The molecule has 5 N–H and O–H groups in total. The molecular weight excluding hydrogens is 437 g/mol. The summed E-state index contributed by atoms with van der Waals surface area (Å²) in [6, 6.07) is -1.62. The van der Waals surface area contributed by atoms with Crippen LogP contribution in [-0.4, -0.2) is 41.5 Å². The molecule has 7 nitrogen and oxygen atoms in total. The molecule has 12 heteroatoms. The number of halogens is 5. The van der Waals surface area contributed by atoms with Crippen molar-refractivity contribution in [2.45, 2.75) is 51.1 Å². The Hall–Kier alpha value is -2.63. The van der Waals surface area contributed by atoms with Gasteiger partial charge in [0.05, 0.1) is 28.2 Å². The van der Waals surface area contributed by atoms with Crippen molar-refractivity contribution in [2.24, 2.45) is 17.6 Å². The van der Waals surface area contributed by atoms with E-state index in [4.69, 9.17) is 11.5 Å². The lowest BCUT2D eigenvalue weighted by Gasteiger charge is -2.29. The average molecular weight is 461 g/mol.